The summed E-state index contributed by atoms with van der Waals surface area (Å²) in [6, 6.07) is 7.31. The third kappa shape index (κ3) is 3.50. The Morgan fingerprint density at radius 3 is 2.65 bits per heavy atom. The van der Waals surface area contributed by atoms with Crippen LogP contribution in [-0.2, 0) is 0 Å². The topological polar surface area (TPSA) is 29.1 Å². The van der Waals surface area contributed by atoms with Crippen LogP contribution in [0, 0.1) is 11.8 Å². The quantitative estimate of drug-likeness (QED) is 0.792. The molecule has 1 aliphatic carbocycles. The van der Waals surface area contributed by atoms with Crippen LogP contribution in [0.1, 0.15) is 36.5 Å². The number of rotatable bonds is 3. The molecule has 1 fully saturated rings. The fraction of sp³-hybridized carbons (Fsp3) is 0.500. The van der Waals surface area contributed by atoms with E-state index in [1.807, 2.05) is 24.3 Å². The summed E-state index contributed by atoms with van der Waals surface area (Å²) in [5.41, 5.74) is 0.717. The van der Waals surface area contributed by atoms with Crippen molar-refractivity contribution in [3.63, 3.8) is 0 Å². The summed E-state index contributed by atoms with van der Waals surface area (Å²) in [4.78, 5) is 12.7. The van der Waals surface area contributed by atoms with Crippen LogP contribution in [-0.4, -0.2) is 12.5 Å². The van der Waals surface area contributed by atoms with Gasteiger partial charge in [0.2, 0.25) is 0 Å². The van der Waals surface area contributed by atoms with Crippen LogP contribution in [0.2, 0.25) is 0 Å². The second-order valence-corrected chi connectivity index (χ2v) is 5.56. The zero-order valence-corrected chi connectivity index (χ0v) is 11.0. The first-order valence-electron chi connectivity index (χ1n) is 6.22. The Labute approximate surface area is 108 Å². The number of carbonyl (C=O) groups excluding carboxylic acids is 1. The number of hydrogen-bond acceptors (Lipinski definition) is 2. The molecule has 0 saturated heterocycles. The molecule has 2 rings (SSSR count). The molecule has 3 heteroatoms. The monoisotopic (exact) mass is 249 g/mol. The number of thiol groups is 1. The van der Waals surface area contributed by atoms with Crippen molar-refractivity contribution in [3.8, 4) is 0 Å². The predicted molar refractivity (Wildman–Crippen MR) is 72.5 cm³/mol. The summed E-state index contributed by atoms with van der Waals surface area (Å²) in [5.74, 6) is 1.51. The van der Waals surface area contributed by atoms with Crippen molar-refractivity contribution in [1.29, 1.82) is 0 Å². The summed E-state index contributed by atoms with van der Waals surface area (Å²) in [7, 11) is 0. The summed E-state index contributed by atoms with van der Waals surface area (Å²) in [6.45, 7) is 3.10. The van der Waals surface area contributed by atoms with E-state index in [0.717, 1.165) is 17.4 Å². The van der Waals surface area contributed by atoms with Crippen molar-refractivity contribution in [3.05, 3.63) is 29.8 Å². The third-order valence-electron chi connectivity index (χ3n) is 3.48. The summed E-state index contributed by atoms with van der Waals surface area (Å²) in [5, 5.41) is 3.02. The van der Waals surface area contributed by atoms with Crippen LogP contribution in [0.3, 0.4) is 0 Å². The van der Waals surface area contributed by atoms with Crippen molar-refractivity contribution >= 4 is 18.5 Å². The van der Waals surface area contributed by atoms with E-state index in [9.17, 15) is 4.79 Å². The van der Waals surface area contributed by atoms with Gasteiger partial charge in [-0.25, -0.2) is 0 Å². The maximum atomic E-state index is 11.9. The molecule has 92 valence electrons. The van der Waals surface area contributed by atoms with E-state index in [1.54, 1.807) is 0 Å². The summed E-state index contributed by atoms with van der Waals surface area (Å²) >= 11 is 4.20. The van der Waals surface area contributed by atoms with Gasteiger partial charge in [-0.15, -0.1) is 12.6 Å². The molecule has 2 atom stereocenters. The average molecular weight is 249 g/mol. The van der Waals surface area contributed by atoms with Crippen LogP contribution in [0.25, 0.3) is 0 Å². The van der Waals surface area contributed by atoms with Crippen molar-refractivity contribution in [2.24, 2.45) is 11.8 Å². The number of hydrogen-bond donors (Lipinski definition) is 2. The number of nitrogens with one attached hydrogen (secondary N) is 1. The molecule has 1 saturated carbocycles. The molecule has 2 unspecified atom stereocenters. The maximum absolute atomic E-state index is 11.9. The second kappa shape index (κ2) is 5.58. The molecule has 1 aromatic carbocycles. The molecule has 0 heterocycles. The molecule has 1 N–H and O–H groups in total. The lowest BCUT2D eigenvalue weighted by Gasteiger charge is -2.11. The minimum atomic E-state index is 0.0258. The molecule has 1 amide bonds. The molecule has 0 spiro atoms. The largest absolute Gasteiger partial charge is 0.352 e. The Morgan fingerprint density at radius 2 is 2.06 bits per heavy atom. The summed E-state index contributed by atoms with van der Waals surface area (Å²) in [6.07, 6.45) is 3.79. The highest BCUT2D eigenvalue weighted by atomic mass is 32.1. The normalized spacial score (nSPS) is 23.6. The molecule has 2 nitrogen and oxygen atoms in total. The van der Waals surface area contributed by atoms with Crippen molar-refractivity contribution in [2.75, 3.05) is 6.54 Å². The molecular formula is C14H19NOS. The van der Waals surface area contributed by atoms with Crippen LogP contribution < -0.4 is 5.32 Å². The maximum Gasteiger partial charge on any atom is 0.251 e. The minimum absolute atomic E-state index is 0.0258. The Kier molecular flexibility index (Phi) is 4.11. The van der Waals surface area contributed by atoms with Crippen molar-refractivity contribution in [2.45, 2.75) is 31.1 Å². The van der Waals surface area contributed by atoms with Crippen molar-refractivity contribution < 1.29 is 4.79 Å². The minimum Gasteiger partial charge on any atom is -0.352 e. The van der Waals surface area contributed by atoms with Gasteiger partial charge in [-0.2, -0.15) is 0 Å². The second-order valence-electron chi connectivity index (χ2n) is 5.04. The molecular weight excluding hydrogens is 230 g/mol. The fourth-order valence-corrected chi connectivity index (χ4v) is 2.61. The third-order valence-corrected chi connectivity index (χ3v) is 3.78. The summed E-state index contributed by atoms with van der Waals surface area (Å²) < 4.78 is 0. The lowest BCUT2D eigenvalue weighted by atomic mass is 10.1. The number of carbonyl (C=O) groups is 1. The number of benzene rings is 1. The lowest BCUT2D eigenvalue weighted by molar-refractivity contribution is 0.0947. The molecule has 1 aromatic rings. The van der Waals surface area contributed by atoms with Gasteiger partial charge in [-0.05, 0) is 48.9 Å². The van der Waals surface area contributed by atoms with Gasteiger partial charge in [-0.1, -0.05) is 13.3 Å². The molecule has 17 heavy (non-hydrogen) atoms. The van der Waals surface area contributed by atoms with E-state index < -0.39 is 0 Å². The Balaban J connectivity index is 1.83. The highest BCUT2D eigenvalue weighted by Gasteiger charge is 2.21. The van der Waals surface area contributed by atoms with Gasteiger partial charge < -0.3 is 5.32 Å². The van der Waals surface area contributed by atoms with E-state index in [4.69, 9.17) is 0 Å². The standard InChI is InChI=1S/C14H19NOS/c1-10-2-3-11(8-10)9-15-14(16)12-4-6-13(17)7-5-12/h4-7,10-11,17H,2-3,8-9H2,1H3,(H,15,16). The van der Waals surface area contributed by atoms with Crippen LogP contribution in [0.4, 0.5) is 0 Å². The Hall–Kier alpha value is -0.960. The first-order valence-corrected chi connectivity index (χ1v) is 6.67. The van der Waals surface area contributed by atoms with Gasteiger partial charge in [-0.3, -0.25) is 4.79 Å². The van der Waals surface area contributed by atoms with Gasteiger partial charge in [0.25, 0.3) is 5.91 Å². The smallest absolute Gasteiger partial charge is 0.251 e. The molecule has 0 bridgehead atoms. The molecule has 0 aromatic heterocycles. The first kappa shape index (κ1) is 12.5. The van der Waals surface area contributed by atoms with Crippen LogP contribution in [0.15, 0.2) is 29.2 Å². The van der Waals surface area contributed by atoms with E-state index in [0.29, 0.717) is 11.5 Å². The predicted octanol–water partition coefficient (Wildman–Crippen LogP) is 3.14. The Bertz CT molecular complexity index is 388. The van der Waals surface area contributed by atoms with Crippen molar-refractivity contribution in [1.82, 2.24) is 5.32 Å². The first-order chi connectivity index (χ1) is 8.15. The van der Waals surface area contributed by atoms with Gasteiger partial charge in [0.05, 0.1) is 0 Å². The SMILES string of the molecule is CC1CCC(CNC(=O)c2ccc(S)cc2)C1. The Morgan fingerprint density at radius 1 is 1.35 bits per heavy atom. The lowest BCUT2D eigenvalue weighted by Crippen LogP contribution is -2.28. The van der Waals surface area contributed by atoms with E-state index in [1.165, 1.54) is 19.3 Å². The zero-order valence-electron chi connectivity index (χ0n) is 10.1. The molecule has 1 aliphatic rings. The van der Waals surface area contributed by atoms with Gasteiger partial charge in [0, 0.05) is 17.0 Å². The van der Waals surface area contributed by atoms with E-state index in [2.05, 4.69) is 24.9 Å². The molecule has 0 radical (unpaired) electrons. The number of amides is 1. The van der Waals surface area contributed by atoms with Crippen LogP contribution in [0.5, 0.6) is 0 Å². The van der Waals surface area contributed by atoms with E-state index in [-0.39, 0.29) is 5.91 Å². The van der Waals surface area contributed by atoms with Crippen LogP contribution >= 0.6 is 12.6 Å². The van der Waals surface area contributed by atoms with Gasteiger partial charge in [0.15, 0.2) is 0 Å². The highest BCUT2D eigenvalue weighted by molar-refractivity contribution is 7.80. The van der Waals surface area contributed by atoms with Gasteiger partial charge in [0.1, 0.15) is 0 Å². The average Bonchev–Trinajstić information content (AvgIpc) is 2.73. The zero-order chi connectivity index (χ0) is 12.3. The molecule has 0 aliphatic heterocycles. The van der Waals surface area contributed by atoms with E-state index >= 15 is 0 Å². The highest BCUT2D eigenvalue weighted by Crippen LogP contribution is 2.29. The fourth-order valence-electron chi connectivity index (χ4n) is 2.46. The van der Waals surface area contributed by atoms with Gasteiger partial charge >= 0.3 is 0 Å².